The molecule has 0 aromatic heterocycles. The van der Waals surface area contributed by atoms with Gasteiger partial charge in [0.05, 0.1) is 0 Å². The van der Waals surface area contributed by atoms with Crippen LogP contribution in [-0.4, -0.2) is 30.6 Å². The second-order valence-corrected chi connectivity index (χ2v) is 4.08. The van der Waals surface area contributed by atoms with Crippen LogP contribution in [0.1, 0.15) is 46.5 Å². The molecule has 2 N–H and O–H groups in total. The fraction of sp³-hybridized carbons (Fsp3) is 1.00. The Morgan fingerprint density at radius 3 is 2.31 bits per heavy atom. The lowest BCUT2D eigenvalue weighted by molar-refractivity contribution is 0.241. The van der Waals surface area contributed by atoms with Gasteiger partial charge in [-0.05, 0) is 39.8 Å². The third kappa shape index (κ3) is 6.05. The molecule has 2 heteroatoms. The van der Waals surface area contributed by atoms with E-state index in [9.17, 15) is 0 Å². The van der Waals surface area contributed by atoms with Crippen molar-refractivity contribution < 1.29 is 0 Å². The summed E-state index contributed by atoms with van der Waals surface area (Å²) in [5.74, 6) is 0. The summed E-state index contributed by atoms with van der Waals surface area (Å²) in [6, 6.07) is 1.09. The van der Waals surface area contributed by atoms with E-state index in [-0.39, 0.29) is 0 Å². The Balaban J connectivity index is 3.50. The SMILES string of the molecule is CCCC(N)CCN(C)C(C)CC. The molecule has 0 aliphatic carbocycles. The maximum Gasteiger partial charge on any atom is 0.00612 e. The van der Waals surface area contributed by atoms with Crippen molar-refractivity contribution in [2.24, 2.45) is 5.73 Å². The smallest absolute Gasteiger partial charge is 0.00612 e. The van der Waals surface area contributed by atoms with Gasteiger partial charge in [0.1, 0.15) is 0 Å². The number of hydrogen-bond donors (Lipinski definition) is 1. The van der Waals surface area contributed by atoms with Crippen molar-refractivity contribution in [3.63, 3.8) is 0 Å². The Morgan fingerprint density at radius 2 is 1.85 bits per heavy atom. The summed E-state index contributed by atoms with van der Waals surface area (Å²) >= 11 is 0. The number of rotatable bonds is 7. The normalized spacial score (nSPS) is 16.2. The average molecular weight is 186 g/mol. The largest absolute Gasteiger partial charge is 0.328 e. The van der Waals surface area contributed by atoms with Crippen LogP contribution >= 0.6 is 0 Å². The Labute approximate surface area is 83.5 Å². The summed E-state index contributed by atoms with van der Waals surface area (Å²) in [4.78, 5) is 2.40. The summed E-state index contributed by atoms with van der Waals surface area (Å²) < 4.78 is 0. The van der Waals surface area contributed by atoms with Crippen LogP contribution in [0.25, 0.3) is 0 Å². The van der Waals surface area contributed by atoms with Crippen LogP contribution in [-0.2, 0) is 0 Å². The monoisotopic (exact) mass is 186 g/mol. The molecule has 0 fully saturated rings. The predicted octanol–water partition coefficient (Wildman–Crippen LogP) is 2.23. The van der Waals surface area contributed by atoms with Gasteiger partial charge < -0.3 is 10.6 Å². The third-order valence-electron chi connectivity index (χ3n) is 2.86. The van der Waals surface area contributed by atoms with Crippen molar-refractivity contribution in [2.75, 3.05) is 13.6 Å². The highest BCUT2D eigenvalue weighted by Gasteiger charge is 2.08. The van der Waals surface area contributed by atoms with E-state index in [2.05, 4.69) is 32.7 Å². The van der Waals surface area contributed by atoms with E-state index in [1.165, 1.54) is 12.8 Å². The first kappa shape index (κ1) is 12.9. The molecule has 0 saturated carbocycles. The highest BCUT2D eigenvalue weighted by molar-refractivity contribution is 4.66. The molecular weight excluding hydrogens is 160 g/mol. The molecule has 0 bridgehead atoms. The zero-order valence-electron chi connectivity index (χ0n) is 9.71. The second kappa shape index (κ2) is 7.34. The molecule has 0 saturated heterocycles. The van der Waals surface area contributed by atoms with E-state index in [0.29, 0.717) is 12.1 Å². The van der Waals surface area contributed by atoms with Crippen LogP contribution in [0.2, 0.25) is 0 Å². The van der Waals surface area contributed by atoms with E-state index in [1.54, 1.807) is 0 Å². The van der Waals surface area contributed by atoms with Gasteiger partial charge in [-0.15, -0.1) is 0 Å². The third-order valence-corrected chi connectivity index (χ3v) is 2.86. The molecule has 0 aromatic rings. The summed E-state index contributed by atoms with van der Waals surface area (Å²) in [5, 5.41) is 0. The van der Waals surface area contributed by atoms with Crippen molar-refractivity contribution in [3.8, 4) is 0 Å². The number of hydrogen-bond acceptors (Lipinski definition) is 2. The van der Waals surface area contributed by atoms with Crippen LogP contribution in [0, 0.1) is 0 Å². The van der Waals surface area contributed by atoms with Crippen molar-refractivity contribution in [2.45, 2.75) is 58.5 Å². The fourth-order valence-corrected chi connectivity index (χ4v) is 1.42. The van der Waals surface area contributed by atoms with Gasteiger partial charge in [-0.3, -0.25) is 0 Å². The van der Waals surface area contributed by atoms with Crippen molar-refractivity contribution in [1.82, 2.24) is 4.90 Å². The maximum atomic E-state index is 5.95. The molecule has 2 atom stereocenters. The van der Waals surface area contributed by atoms with E-state index >= 15 is 0 Å². The standard InChI is InChI=1S/C11H26N2/c1-5-7-11(12)8-9-13(4)10(3)6-2/h10-11H,5-9,12H2,1-4H3. The van der Waals surface area contributed by atoms with Gasteiger partial charge in [-0.2, -0.15) is 0 Å². The molecule has 0 spiro atoms. The highest BCUT2D eigenvalue weighted by atomic mass is 15.1. The van der Waals surface area contributed by atoms with Gasteiger partial charge in [-0.1, -0.05) is 20.3 Å². The predicted molar refractivity (Wildman–Crippen MR) is 59.9 cm³/mol. The molecule has 80 valence electrons. The van der Waals surface area contributed by atoms with E-state index in [0.717, 1.165) is 19.4 Å². The van der Waals surface area contributed by atoms with E-state index in [1.807, 2.05) is 0 Å². The zero-order chi connectivity index (χ0) is 10.3. The fourth-order valence-electron chi connectivity index (χ4n) is 1.42. The summed E-state index contributed by atoms with van der Waals surface area (Å²) in [5.41, 5.74) is 5.95. The second-order valence-electron chi connectivity index (χ2n) is 4.08. The van der Waals surface area contributed by atoms with Gasteiger partial charge in [0.2, 0.25) is 0 Å². The van der Waals surface area contributed by atoms with Gasteiger partial charge >= 0.3 is 0 Å². The van der Waals surface area contributed by atoms with Crippen molar-refractivity contribution in [3.05, 3.63) is 0 Å². The molecule has 0 rings (SSSR count). The van der Waals surface area contributed by atoms with Crippen LogP contribution in [0.3, 0.4) is 0 Å². The minimum atomic E-state index is 0.400. The minimum absolute atomic E-state index is 0.400. The molecule has 0 aliphatic heterocycles. The Bertz CT molecular complexity index is 115. The summed E-state index contributed by atoms with van der Waals surface area (Å²) in [7, 11) is 2.19. The Morgan fingerprint density at radius 1 is 1.23 bits per heavy atom. The van der Waals surface area contributed by atoms with Gasteiger partial charge in [-0.25, -0.2) is 0 Å². The van der Waals surface area contributed by atoms with Gasteiger partial charge in [0, 0.05) is 12.1 Å². The topological polar surface area (TPSA) is 29.3 Å². The average Bonchev–Trinajstić information content (AvgIpc) is 2.13. The lowest BCUT2D eigenvalue weighted by Crippen LogP contribution is -2.33. The quantitative estimate of drug-likeness (QED) is 0.660. The first-order valence-corrected chi connectivity index (χ1v) is 5.57. The highest BCUT2D eigenvalue weighted by Crippen LogP contribution is 2.04. The molecule has 0 radical (unpaired) electrons. The molecule has 2 unspecified atom stereocenters. The van der Waals surface area contributed by atoms with Crippen molar-refractivity contribution >= 4 is 0 Å². The summed E-state index contributed by atoms with van der Waals surface area (Å²) in [6.45, 7) is 7.83. The maximum absolute atomic E-state index is 5.95. The molecule has 0 aliphatic rings. The molecule has 2 nitrogen and oxygen atoms in total. The molecular formula is C11H26N2. The van der Waals surface area contributed by atoms with E-state index < -0.39 is 0 Å². The van der Waals surface area contributed by atoms with Gasteiger partial charge in [0.15, 0.2) is 0 Å². The lowest BCUT2D eigenvalue weighted by atomic mass is 10.1. The molecule has 0 amide bonds. The lowest BCUT2D eigenvalue weighted by Gasteiger charge is -2.24. The van der Waals surface area contributed by atoms with Crippen LogP contribution in [0.15, 0.2) is 0 Å². The van der Waals surface area contributed by atoms with Crippen LogP contribution in [0.4, 0.5) is 0 Å². The molecule has 13 heavy (non-hydrogen) atoms. The zero-order valence-corrected chi connectivity index (χ0v) is 9.71. The van der Waals surface area contributed by atoms with Gasteiger partial charge in [0.25, 0.3) is 0 Å². The van der Waals surface area contributed by atoms with Crippen LogP contribution in [0.5, 0.6) is 0 Å². The van der Waals surface area contributed by atoms with Crippen LogP contribution < -0.4 is 5.73 Å². The minimum Gasteiger partial charge on any atom is -0.328 e. The summed E-state index contributed by atoms with van der Waals surface area (Å²) in [6.07, 6.45) is 4.72. The first-order chi connectivity index (χ1) is 6.11. The molecule has 0 heterocycles. The van der Waals surface area contributed by atoms with E-state index in [4.69, 9.17) is 5.73 Å². The Kier molecular flexibility index (Phi) is 7.29. The molecule has 0 aromatic carbocycles. The number of nitrogens with zero attached hydrogens (tertiary/aromatic N) is 1. The number of nitrogens with two attached hydrogens (primary N) is 1. The Hall–Kier alpha value is -0.0800. The van der Waals surface area contributed by atoms with Crippen molar-refractivity contribution in [1.29, 1.82) is 0 Å². The first-order valence-electron chi connectivity index (χ1n) is 5.57.